The van der Waals surface area contributed by atoms with Gasteiger partial charge in [0, 0.05) is 12.5 Å². The molecule has 0 spiro atoms. The zero-order valence-electron chi connectivity index (χ0n) is 16.9. The Labute approximate surface area is 176 Å². The maximum atomic E-state index is 12.8. The minimum atomic E-state index is -3.90. The molecule has 1 amide bonds. The zero-order valence-corrected chi connectivity index (χ0v) is 17.7. The quantitative estimate of drug-likeness (QED) is 0.761. The Bertz CT molecular complexity index is 1040. The number of fused-ring (bicyclic) bond motifs is 2. The van der Waals surface area contributed by atoms with Crippen molar-refractivity contribution in [1.29, 1.82) is 0 Å². The second-order valence-corrected chi connectivity index (χ2v) is 9.37. The van der Waals surface area contributed by atoms with Crippen LogP contribution >= 0.6 is 0 Å². The van der Waals surface area contributed by atoms with Crippen molar-refractivity contribution in [2.75, 3.05) is 13.2 Å². The molecule has 1 heterocycles. The third-order valence-electron chi connectivity index (χ3n) is 5.44. The SMILES string of the molecule is C[C@@H](NS(=O)(=O)c1ccc2c(c1)OCCCO2)C(=O)N[C@@H]1CCCc2ccccc21. The molecule has 8 heteroatoms. The largest absolute Gasteiger partial charge is 0.490 e. The molecule has 2 aromatic rings. The number of benzene rings is 2. The van der Waals surface area contributed by atoms with Crippen LogP contribution < -0.4 is 19.5 Å². The van der Waals surface area contributed by atoms with Gasteiger partial charge < -0.3 is 14.8 Å². The molecule has 0 saturated heterocycles. The molecule has 2 N–H and O–H groups in total. The zero-order chi connectivity index (χ0) is 21.1. The molecule has 160 valence electrons. The van der Waals surface area contributed by atoms with Gasteiger partial charge in [0.15, 0.2) is 11.5 Å². The summed E-state index contributed by atoms with van der Waals surface area (Å²) >= 11 is 0. The first-order chi connectivity index (χ1) is 14.4. The molecular weight excluding hydrogens is 404 g/mol. The fourth-order valence-electron chi connectivity index (χ4n) is 3.87. The molecule has 30 heavy (non-hydrogen) atoms. The Kier molecular flexibility index (Phi) is 5.97. The van der Waals surface area contributed by atoms with E-state index in [9.17, 15) is 13.2 Å². The second kappa shape index (κ2) is 8.65. The summed E-state index contributed by atoms with van der Waals surface area (Å²) < 4.78 is 39.2. The molecule has 1 aliphatic heterocycles. The van der Waals surface area contributed by atoms with Gasteiger partial charge in [-0.05, 0) is 49.4 Å². The fourth-order valence-corrected chi connectivity index (χ4v) is 5.08. The lowest BCUT2D eigenvalue weighted by molar-refractivity contribution is -0.123. The van der Waals surface area contributed by atoms with Crippen LogP contribution in [-0.4, -0.2) is 33.6 Å². The molecule has 0 bridgehead atoms. The van der Waals surface area contributed by atoms with E-state index in [1.165, 1.54) is 17.7 Å². The summed E-state index contributed by atoms with van der Waals surface area (Å²) in [7, 11) is -3.90. The van der Waals surface area contributed by atoms with E-state index in [0.717, 1.165) is 31.2 Å². The molecule has 4 rings (SSSR count). The lowest BCUT2D eigenvalue weighted by Crippen LogP contribution is -2.46. The molecule has 2 atom stereocenters. The van der Waals surface area contributed by atoms with E-state index in [-0.39, 0.29) is 16.8 Å². The van der Waals surface area contributed by atoms with E-state index >= 15 is 0 Å². The van der Waals surface area contributed by atoms with Gasteiger partial charge in [0.1, 0.15) is 0 Å². The van der Waals surface area contributed by atoms with Crippen molar-refractivity contribution in [3.8, 4) is 11.5 Å². The van der Waals surface area contributed by atoms with Gasteiger partial charge >= 0.3 is 0 Å². The van der Waals surface area contributed by atoms with E-state index < -0.39 is 16.1 Å². The van der Waals surface area contributed by atoms with Crippen LogP contribution in [0.1, 0.15) is 43.4 Å². The summed E-state index contributed by atoms with van der Waals surface area (Å²) in [4.78, 5) is 12.8. The first-order valence-corrected chi connectivity index (χ1v) is 11.7. The van der Waals surface area contributed by atoms with Crippen LogP contribution in [0.2, 0.25) is 0 Å². The van der Waals surface area contributed by atoms with Gasteiger partial charge in [-0.25, -0.2) is 8.42 Å². The molecule has 2 aliphatic rings. The third kappa shape index (κ3) is 4.44. The van der Waals surface area contributed by atoms with Crippen LogP contribution in [0.25, 0.3) is 0 Å². The van der Waals surface area contributed by atoms with Gasteiger partial charge in [-0.3, -0.25) is 4.79 Å². The Morgan fingerprint density at radius 3 is 2.67 bits per heavy atom. The van der Waals surface area contributed by atoms with Crippen LogP contribution in [-0.2, 0) is 21.2 Å². The van der Waals surface area contributed by atoms with Crippen molar-refractivity contribution in [2.45, 2.75) is 49.6 Å². The average molecular weight is 431 g/mol. The number of carbonyl (C=O) groups excluding carboxylic acids is 1. The normalized spacial score (nSPS) is 19.3. The highest BCUT2D eigenvalue weighted by atomic mass is 32.2. The molecule has 1 aliphatic carbocycles. The molecule has 7 nitrogen and oxygen atoms in total. The number of sulfonamides is 1. The molecule has 0 radical (unpaired) electrons. The lowest BCUT2D eigenvalue weighted by Gasteiger charge is -2.27. The van der Waals surface area contributed by atoms with Crippen molar-refractivity contribution in [3.05, 3.63) is 53.6 Å². The average Bonchev–Trinajstić information content (AvgIpc) is 2.98. The molecule has 0 fully saturated rings. The highest BCUT2D eigenvalue weighted by Crippen LogP contribution is 2.32. The van der Waals surface area contributed by atoms with Crippen molar-refractivity contribution in [3.63, 3.8) is 0 Å². The number of amides is 1. The number of carbonyl (C=O) groups is 1. The standard InChI is InChI=1S/C22H26N2O5S/c1-15(22(25)23-19-9-4-7-16-6-2-3-8-18(16)19)24-30(26,27)17-10-11-20-21(14-17)29-13-5-12-28-20/h2-3,6,8,10-11,14-15,19,24H,4-5,7,9,12-13H2,1H3,(H,23,25)/t15-,19-/m1/s1. The van der Waals surface area contributed by atoms with E-state index in [1.807, 2.05) is 18.2 Å². The van der Waals surface area contributed by atoms with Gasteiger partial charge in [0.05, 0.1) is 30.2 Å². The summed E-state index contributed by atoms with van der Waals surface area (Å²) in [5, 5.41) is 3.00. The maximum Gasteiger partial charge on any atom is 0.241 e. The summed E-state index contributed by atoms with van der Waals surface area (Å²) in [5.41, 5.74) is 2.34. The number of hydrogen-bond acceptors (Lipinski definition) is 5. The first-order valence-electron chi connectivity index (χ1n) is 10.2. The number of rotatable bonds is 5. The van der Waals surface area contributed by atoms with Gasteiger partial charge in [0.25, 0.3) is 0 Å². The van der Waals surface area contributed by atoms with Crippen LogP contribution in [0.5, 0.6) is 11.5 Å². The van der Waals surface area contributed by atoms with Gasteiger partial charge in [-0.15, -0.1) is 0 Å². The maximum absolute atomic E-state index is 12.8. The number of ether oxygens (including phenoxy) is 2. The smallest absolute Gasteiger partial charge is 0.241 e. The minimum absolute atomic E-state index is 0.0365. The van der Waals surface area contributed by atoms with E-state index in [2.05, 4.69) is 16.1 Å². The van der Waals surface area contributed by atoms with Crippen LogP contribution in [0.3, 0.4) is 0 Å². The molecular formula is C22H26N2O5S. The van der Waals surface area contributed by atoms with Gasteiger partial charge in [0.2, 0.25) is 15.9 Å². The van der Waals surface area contributed by atoms with E-state index in [0.29, 0.717) is 24.7 Å². The van der Waals surface area contributed by atoms with E-state index in [4.69, 9.17) is 9.47 Å². The monoisotopic (exact) mass is 430 g/mol. The van der Waals surface area contributed by atoms with Crippen LogP contribution in [0.15, 0.2) is 47.4 Å². The highest BCUT2D eigenvalue weighted by Gasteiger charge is 2.27. The fraction of sp³-hybridized carbons (Fsp3) is 0.409. The molecule has 0 unspecified atom stereocenters. The van der Waals surface area contributed by atoms with Crippen LogP contribution in [0.4, 0.5) is 0 Å². The summed E-state index contributed by atoms with van der Waals surface area (Å²) in [6.45, 7) is 2.54. The summed E-state index contributed by atoms with van der Waals surface area (Å²) in [6.07, 6.45) is 3.55. The Hall–Kier alpha value is -2.58. The Balaban J connectivity index is 1.45. The van der Waals surface area contributed by atoms with Crippen molar-refractivity contribution in [1.82, 2.24) is 10.0 Å². The Morgan fingerprint density at radius 2 is 1.83 bits per heavy atom. The predicted molar refractivity (Wildman–Crippen MR) is 112 cm³/mol. The predicted octanol–water partition coefficient (Wildman–Crippen LogP) is 2.71. The minimum Gasteiger partial charge on any atom is -0.490 e. The topological polar surface area (TPSA) is 93.7 Å². The van der Waals surface area contributed by atoms with Gasteiger partial charge in [-0.1, -0.05) is 24.3 Å². The first kappa shape index (κ1) is 20.7. The van der Waals surface area contributed by atoms with Crippen LogP contribution in [0, 0.1) is 0 Å². The lowest BCUT2D eigenvalue weighted by atomic mass is 9.87. The second-order valence-electron chi connectivity index (χ2n) is 7.65. The molecule has 0 aromatic heterocycles. The summed E-state index contributed by atoms with van der Waals surface area (Å²) in [6, 6.07) is 11.5. The van der Waals surface area contributed by atoms with Crippen molar-refractivity contribution in [2.24, 2.45) is 0 Å². The van der Waals surface area contributed by atoms with Crippen molar-refractivity contribution < 1.29 is 22.7 Å². The van der Waals surface area contributed by atoms with E-state index in [1.54, 1.807) is 13.0 Å². The number of hydrogen-bond donors (Lipinski definition) is 2. The number of aryl methyl sites for hydroxylation is 1. The molecule has 0 saturated carbocycles. The third-order valence-corrected chi connectivity index (χ3v) is 6.98. The van der Waals surface area contributed by atoms with Gasteiger partial charge in [-0.2, -0.15) is 4.72 Å². The summed E-state index contributed by atoms with van der Waals surface area (Å²) in [5.74, 6) is 0.564. The number of nitrogens with one attached hydrogen (secondary N) is 2. The molecule has 2 aromatic carbocycles. The Morgan fingerprint density at radius 1 is 1.07 bits per heavy atom. The van der Waals surface area contributed by atoms with Crippen molar-refractivity contribution >= 4 is 15.9 Å². The highest BCUT2D eigenvalue weighted by molar-refractivity contribution is 7.89.